The zero-order valence-electron chi connectivity index (χ0n) is 12.6. The Morgan fingerprint density at radius 1 is 0.958 bits per heavy atom. The zero-order chi connectivity index (χ0) is 17.1. The van der Waals surface area contributed by atoms with E-state index < -0.39 is 0 Å². The van der Waals surface area contributed by atoms with Gasteiger partial charge in [-0.3, -0.25) is 9.59 Å². The van der Waals surface area contributed by atoms with Gasteiger partial charge in [0.05, 0.1) is 22.8 Å². The Bertz CT molecular complexity index is 803. The molecule has 0 radical (unpaired) electrons. The summed E-state index contributed by atoms with van der Waals surface area (Å²) >= 11 is 7.07. The van der Waals surface area contributed by atoms with Crippen molar-refractivity contribution in [3.05, 3.63) is 70.1 Å². The fourth-order valence-electron chi connectivity index (χ4n) is 2.48. The number of carbonyl (C=O) groups excluding carboxylic acids is 2. The van der Waals surface area contributed by atoms with Crippen LogP contribution < -0.4 is 4.90 Å². The molecule has 0 bridgehead atoms. The number of imide groups is 1. The molecule has 24 heavy (non-hydrogen) atoms. The van der Waals surface area contributed by atoms with E-state index in [0.29, 0.717) is 32.5 Å². The lowest BCUT2D eigenvalue weighted by Gasteiger charge is -2.15. The number of thioether (sulfide) groups is 1. The van der Waals surface area contributed by atoms with Crippen LogP contribution in [0.4, 0.5) is 5.69 Å². The molecule has 0 unspecified atom stereocenters. The van der Waals surface area contributed by atoms with Crippen LogP contribution in [0.1, 0.15) is 5.56 Å². The predicted molar refractivity (Wildman–Crippen MR) is 96.9 cm³/mol. The second kappa shape index (κ2) is 7.21. The molecular formula is C18H14ClNO3S. The maximum absolute atomic E-state index is 12.9. The third-order valence-electron chi connectivity index (χ3n) is 3.53. The largest absolute Gasteiger partial charge is 0.396 e. The number of hydrogen-bond acceptors (Lipinski definition) is 4. The molecule has 4 nitrogen and oxygen atoms in total. The van der Waals surface area contributed by atoms with Crippen molar-refractivity contribution in [3.8, 4) is 0 Å². The average Bonchev–Trinajstić information content (AvgIpc) is 2.85. The summed E-state index contributed by atoms with van der Waals surface area (Å²) in [5, 5.41) is 9.61. The highest BCUT2D eigenvalue weighted by atomic mass is 35.5. The smallest absolute Gasteiger partial charge is 0.272 e. The molecule has 0 fully saturated rings. The quantitative estimate of drug-likeness (QED) is 0.832. The summed E-state index contributed by atoms with van der Waals surface area (Å²) in [5.41, 5.74) is 1.53. The van der Waals surface area contributed by atoms with Crippen LogP contribution in [0.3, 0.4) is 0 Å². The lowest BCUT2D eigenvalue weighted by Crippen LogP contribution is -2.31. The van der Waals surface area contributed by atoms with Crippen molar-refractivity contribution in [2.75, 3.05) is 17.3 Å². The summed E-state index contributed by atoms with van der Waals surface area (Å²) in [6.07, 6.45) is 0. The van der Waals surface area contributed by atoms with Gasteiger partial charge in [0.15, 0.2) is 0 Å². The first kappa shape index (κ1) is 16.8. The van der Waals surface area contributed by atoms with Gasteiger partial charge in [-0.05, 0) is 29.8 Å². The van der Waals surface area contributed by atoms with Crippen LogP contribution in [0.15, 0.2) is 59.5 Å². The van der Waals surface area contributed by atoms with Crippen molar-refractivity contribution < 1.29 is 14.7 Å². The molecule has 1 N–H and O–H groups in total. The van der Waals surface area contributed by atoms with E-state index in [2.05, 4.69) is 0 Å². The lowest BCUT2D eigenvalue weighted by atomic mass is 10.1. The van der Waals surface area contributed by atoms with E-state index in [1.165, 1.54) is 11.8 Å². The van der Waals surface area contributed by atoms with Crippen LogP contribution in [-0.2, 0) is 9.59 Å². The first-order valence-electron chi connectivity index (χ1n) is 7.31. The lowest BCUT2D eigenvalue weighted by molar-refractivity contribution is -0.119. The minimum Gasteiger partial charge on any atom is -0.396 e. The number of rotatable bonds is 5. The molecule has 0 aromatic heterocycles. The molecule has 0 spiro atoms. The second-order valence-corrected chi connectivity index (χ2v) is 6.61. The van der Waals surface area contributed by atoms with Gasteiger partial charge in [-0.2, -0.15) is 0 Å². The van der Waals surface area contributed by atoms with Crippen LogP contribution in [0.25, 0.3) is 5.57 Å². The number of benzene rings is 2. The molecular weight excluding hydrogens is 346 g/mol. The number of nitrogens with zero attached hydrogens (tertiary/aromatic N) is 1. The highest BCUT2D eigenvalue weighted by Gasteiger charge is 2.39. The van der Waals surface area contributed by atoms with Crippen LogP contribution >= 0.6 is 23.4 Å². The maximum Gasteiger partial charge on any atom is 0.272 e. The van der Waals surface area contributed by atoms with Crippen molar-refractivity contribution in [2.24, 2.45) is 0 Å². The molecule has 122 valence electrons. The molecule has 1 aliphatic rings. The van der Waals surface area contributed by atoms with E-state index in [4.69, 9.17) is 16.7 Å². The van der Waals surface area contributed by atoms with E-state index in [1.807, 2.05) is 18.2 Å². The van der Waals surface area contributed by atoms with E-state index in [1.54, 1.807) is 36.4 Å². The van der Waals surface area contributed by atoms with Crippen molar-refractivity contribution in [1.29, 1.82) is 0 Å². The third-order valence-corrected chi connectivity index (χ3v) is 4.83. The van der Waals surface area contributed by atoms with Gasteiger partial charge in [0, 0.05) is 10.8 Å². The number of aliphatic hydroxyl groups excluding tert-OH is 1. The van der Waals surface area contributed by atoms with Gasteiger partial charge in [0.2, 0.25) is 0 Å². The van der Waals surface area contributed by atoms with Crippen LogP contribution in [0.5, 0.6) is 0 Å². The van der Waals surface area contributed by atoms with Crippen LogP contribution in [0.2, 0.25) is 5.02 Å². The van der Waals surface area contributed by atoms with Crippen molar-refractivity contribution in [3.63, 3.8) is 0 Å². The van der Waals surface area contributed by atoms with Crippen molar-refractivity contribution in [1.82, 2.24) is 0 Å². The monoisotopic (exact) mass is 359 g/mol. The minimum absolute atomic E-state index is 0.0708. The van der Waals surface area contributed by atoms with Gasteiger partial charge >= 0.3 is 0 Å². The van der Waals surface area contributed by atoms with E-state index in [0.717, 1.165) is 4.90 Å². The molecule has 3 rings (SSSR count). The van der Waals surface area contributed by atoms with Gasteiger partial charge in [-0.1, -0.05) is 41.9 Å². The van der Waals surface area contributed by atoms with Gasteiger partial charge in [0.25, 0.3) is 11.8 Å². The molecule has 0 saturated carbocycles. The summed E-state index contributed by atoms with van der Waals surface area (Å²) in [5.74, 6) is -0.396. The highest BCUT2D eigenvalue weighted by Crippen LogP contribution is 2.38. The summed E-state index contributed by atoms with van der Waals surface area (Å²) in [6.45, 7) is -0.0708. The SMILES string of the molecule is O=C1C(SCCO)=C(c2ccccc2)C(=O)N1c1ccc(Cl)cc1. The highest BCUT2D eigenvalue weighted by molar-refractivity contribution is 8.04. The molecule has 2 amide bonds. The molecule has 2 aromatic carbocycles. The Balaban J connectivity index is 2.05. The fourth-order valence-corrected chi connectivity index (χ4v) is 3.46. The Kier molecular flexibility index (Phi) is 5.04. The van der Waals surface area contributed by atoms with Gasteiger partial charge in [-0.15, -0.1) is 11.8 Å². The average molecular weight is 360 g/mol. The van der Waals surface area contributed by atoms with E-state index in [9.17, 15) is 9.59 Å². The van der Waals surface area contributed by atoms with Gasteiger partial charge in [-0.25, -0.2) is 4.90 Å². The maximum atomic E-state index is 12.9. The number of amides is 2. The fraction of sp³-hybridized carbons (Fsp3) is 0.111. The molecule has 0 saturated heterocycles. The molecule has 2 aromatic rings. The summed E-state index contributed by atoms with van der Waals surface area (Å²) in [6, 6.07) is 15.6. The standard InChI is InChI=1S/C18H14ClNO3S/c19-13-6-8-14(9-7-13)20-17(22)15(12-4-2-1-3-5-12)16(18(20)23)24-11-10-21/h1-9,21H,10-11H2. The number of hydrogen-bond donors (Lipinski definition) is 1. The van der Waals surface area contributed by atoms with Gasteiger partial charge < -0.3 is 5.11 Å². The second-order valence-electron chi connectivity index (χ2n) is 5.06. The zero-order valence-corrected chi connectivity index (χ0v) is 14.2. The van der Waals surface area contributed by atoms with Crippen molar-refractivity contribution >= 4 is 46.4 Å². The predicted octanol–water partition coefficient (Wildman–Crippen LogP) is 3.35. The van der Waals surface area contributed by atoms with Gasteiger partial charge in [0.1, 0.15) is 0 Å². The summed E-state index contributed by atoms with van der Waals surface area (Å²) in [4.78, 5) is 27.2. The number of anilines is 1. The molecule has 6 heteroatoms. The Hall–Kier alpha value is -2.08. The molecule has 0 atom stereocenters. The summed E-state index contributed by atoms with van der Waals surface area (Å²) < 4.78 is 0. The first-order valence-corrected chi connectivity index (χ1v) is 8.67. The molecule has 1 aliphatic heterocycles. The third kappa shape index (κ3) is 3.11. The topological polar surface area (TPSA) is 57.6 Å². The van der Waals surface area contributed by atoms with Crippen LogP contribution in [0, 0.1) is 0 Å². The minimum atomic E-state index is -0.375. The number of halogens is 1. The normalized spacial score (nSPS) is 14.7. The number of aliphatic hydroxyl groups is 1. The molecule has 1 heterocycles. The van der Waals surface area contributed by atoms with Crippen molar-refractivity contribution in [2.45, 2.75) is 0 Å². The Morgan fingerprint density at radius 2 is 1.62 bits per heavy atom. The first-order chi connectivity index (χ1) is 11.6. The Labute approximate surface area is 148 Å². The number of carbonyl (C=O) groups is 2. The Morgan fingerprint density at radius 3 is 2.25 bits per heavy atom. The van der Waals surface area contributed by atoms with E-state index >= 15 is 0 Å². The summed E-state index contributed by atoms with van der Waals surface area (Å²) in [7, 11) is 0. The molecule has 0 aliphatic carbocycles. The van der Waals surface area contributed by atoms with E-state index in [-0.39, 0.29) is 18.4 Å². The van der Waals surface area contributed by atoms with Crippen LogP contribution in [-0.4, -0.2) is 29.3 Å².